The summed E-state index contributed by atoms with van der Waals surface area (Å²) >= 11 is 0. The van der Waals surface area contributed by atoms with E-state index in [1.54, 1.807) is 19.2 Å². The number of methoxy groups -OCH3 is 1. The number of hydrogen-bond donors (Lipinski definition) is 0. The number of carbonyl (C=O) groups is 1. The highest BCUT2D eigenvalue weighted by molar-refractivity contribution is 5.78. The molecule has 0 radical (unpaired) electrons. The molecule has 0 aliphatic carbocycles. The molecule has 3 rings (SSSR count). The maximum Gasteiger partial charge on any atom is 0.226 e. The molecule has 2 saturated heterocycles. The van der Waals surface area contributed by atoms with Crippen LogP contribution >= 0.6 is 0 Å². The highest BCUT2D eigenvalue weighted by Crippen LogP contribution is 2.44. The molecule has 24 heavy (non-hydrogen) atoms. The summed E-state index contributed by atoms with van der Waals surface area (Å²) in [7, 11) is 1.74. The summed E-state index contributed by atoms with van der Waals surface area (Å²) in [5.74, 6) is 0.284. The number of nitrogens with zero attached hydrogens (tertiary/aromatic N) is 1. The van der Waals surface area contributed by atoms with E-state index in [1.165, 1.54) is 12.1 Å². The number of ether oxygens (including phenoxy) is 2. The minimum Gasteiger partial charge on any atom is -0.384 e. The Labute approximate surface area is 142 Å². The summed E-state index contributed by atoms with van der Waals surface area (Å²) in [6.07, 6.45) is 3.43. The molecule has 132 valence electrons. The smallest absolute Gasteiger partial charge is 0.226 e. The predicted molar refractivity (Wildman–Crippen MR) is 89.2 cm³/mol. The number of rotatable bonds is 4. The van der Waals surface area contributed by atoms with Crippen LogP contribution in [-0.2, 0) is 20.7 Å². The first-order valence-corrected chi connectivity index (χ1v) is 8.72. The minimum atomic E-state index is -0.269. The van der Waals surface area contributed by atoms with E-state index in [4.69, 9.17) is 9.47 Å². The molecular formula is C19H26FNO3. The molecule has 0 unspecified atom stereocenters. The van der Waals surface area contributed by atoms with Crippen molar-refractivity contribution in [3.8, 4) is 0 Å². The molecule has 2 aliphatic heterocycles. The van der Waals surface area contributed by atoms with Gasteiger partial charge in [-0.05, 0) is 42.4 Å². The molecule has 0 saturated carbocycles. The van der Waals surface area contributed by atoms with Crippen molar-refractivity contribution < 1.29 is 18.7 Å². The van der Waals surface area contributed by atoms with Gasteiger partial charge in [-0.2, -0.15) is 0 Å². The molecule has 1 aromatic rings. The van der Waals surface area contributed by atoms with Crippen molar-refractivity contribution in [3.63, 3.8) is 0 Å². The zero-order valence-electron chi connectivity index (χ0n) is 14.3. The summed E-state index contributed by atoms with van der Waals surface area (Å²) in [4.78, 5) is 14.5. The lowest BCUT2D eigenvalue weighted by atomic mass is 9.66. The molecule has 0 aromatic heterocycles. The van der Waals surface area contributed by atoms with Crippen LogP contribution in [-0.4, -0.2) is 50.8 Å². The van der Waals surface area contributed by atoms with Crippen LogP contribution in [0.15, 0.2) is 24.3 Å². The molecular weight excluding hydrogens is 309 g/mol. The van der Waals surface area contributed by atoms with Crippen molar-refractivity contribution in [2.24, 2.45) is 11.3 Å². The topological polar surface area (TPSA) is 38.8 Å². The highest BCUT2D eigenvalue weighted by atomic mass is 19.1. The fourth-order valence-corrected chi connectivity index (χ4v) is 4.06. The van der Waals surface area contributed by atoms with Gasteiger partial charge in [-0.3, -0.25) is 4.79 Å². The number of carbonyl (C=O) groups excluding carboxylic acids is 1. The lowest BCUT2D eigenvalue weighted by Crippen LogP contribution is -2.50. The van der Waals surface area contributed by atoms with Crippen LogP contribution in [0.3, 0.4) is 0 Å². The number of amides is 1. The van der Waals surface area contributed by atoms with Gasteiger partial charge in [0.2, 0.25) is 5.91 Å². The average Bonchev–Trinajstić information content (AvgIpc) is 2.60. The Morgan fingerprint density at radius 1 is 1.29 bits per heavy atom. The van der Waals surface area contributed by atoms with E-state index in [0.717, 1.165) is 57.7 Å². The van der Waals surface area contributed by atoms with Crippen molar-refractivity contribution in [1.82, 2.24) is 4.90 Å². The number of benzene rings is 1. The summed E-state index contributed by atoms with van der Waals surface area (Å²) < 4.78 is 24.0. The average molecular weight is 335 g/mol. The molecule has 0 bridgehead atoms. The van der Waals surface area contributed by atoms with Crippen molar-refractivity contribution in [2.45, 2.75) is 25.7 Å². The Morgan fingerprint density at radius 2 is 2.00 bits per heavy atom. The summed E-state index contributed by atoms with van der Waals surface area (Å²) in [5, 5.41) is 0. The van der Waals surface area contributed by atoms with E-state index in [9.17, 15) is 9.18 Å². The van der Waals surface area contributed by atoms with Crippen LogP contribution in [0.25, 0.3) is 0 Å². The first-order valence-electron chi connectivity index (χ1n) is 8.72. The summed E-state index contributed by atoms with van der Waals surface area (Å²) in [5.41, 5.74) is 1.12. The maximum absolute atomic E-state index is 13.0. The van der Waals surface area contributed by atoms with Gasteiger partial charge in [0.25, 0.3) is 0 Å². The number of halogens is 1. The molecule has 1 aromatic carbocycles. The third-order valence-corrected chi connectivity index (χ3v) is 5.68. The van der Waals surface area contributed by atoms with Gasteiger partial charge < -0.3 is 14.4 Å². The highest BCUT2D eigenvalue weighted by Gasteiger charge is 2.43. The molecule has 5 heteroatoms. The first kappa shape index (κ1) is 17.4. The molecule has 1 amide bonds. The van der Waals surface area contributed by atoms with E-state index in [2.05, 4.69) is 0 Å². The predicted octanol–water partition coefficient (Wildman–Crippen LogP) is 2.66. The lowest BCUT2D eigenvalue weighted by Gasteiger charge is -2.48. The van der Waals surface area contributed by atoms with Crippen LogP contribution in [0.1, 0.15) is 24.8 Å². The van der Waals surface area contributed by atoms with Crippen molar-refractivity contribution in [2.75, 3.05) is 40.0 Å². The largest absolute Gasteiger partial charge is 0.384 e. The van der Waals surface area contributed by atoms with Crippen LogP contribution in [0, 0.1) is 17.2 Å². The van der Waals surface area contributed by atoms with E-state index in [1.807, 2.05) is 4.90 Å². The zero-order chi connectivity index (χ0) is 17.0. The molecule has 2 heterocycles. The number of likely N-dealkylation sites (tertiary alicyclic amines) is 1. The normalized spacial score (nSPS) is 23.4. The van der Waals surface area contributed by atoms with Crippen LogP contribution in [0.4, 0.5) is 4.39 Å². The number of hydrogen-bond acceptors (Lipinski definition) is 3. The Hall–Kier alpha value is -1.46. The zero-order valence-corrected chi connectivity index (χ0v) is 14.3. The van der Waals surface area contributed by atoms with Gasteiger partial charge in [0.15, 0.2) is 0 Å². The summed E-state index contributed by atoms with van der Waals surface area (Å²) in [6, 6.07) is 6.19. The molecule has 2 fully saturated rings. The summed E-state index contributed by atoms with van der Waals surface area (Å²) in [6.45, 7) is 3.88. The second-order valence-electron chi connectivity index (χ2n) is 7.02. The Balaban J connectivity index is 1.57. The van der Waals surface area contributed by atoms with Gasteiger partial charge in [0.05, 0.1) is 19.6 Å². The Morgan fingerprint density at radius 3 is 2.67 bits per heavy atom. The minimum absolute atomic E-state index is 0.131. The second-order valence-corrected chi connectivity index (χ2v) is 7.02. The molecule has 1 spiro atoms. The third-order valence-electron chi connectivity index (χ3n) is 5.68. The van der Waals surface area contributed by atoms with Crippen molar-refractivity contribution >= 4 is 5.91 Å². The molecule has 0 N–H and O–H groups in total. The number of piperidine rings is 1. The van der Waals surface area contributed by atoms with Crippen LogP contribution < -0.4 is 0 Å². The fourth-order valence-electron chi connectivity index (χ4n) is 4.06. The van der Waals surface area contributed by atoms with Crippen LogP contribution in [0.5, 0.6) is 0 Å². The Kier molecular flexibility index (Phi) is 5.51. The monoisotopic (exact) mass is 335 g/mol. The van der Waals surface area contributed by atoms with Gasteiger partial charge in [0, 0.05) is 32.7 Å². The van der Waals surface area contributed by atoms with E-state index in [-0.39, 0.29) is 17.1 Å². The van der Waals surface area contributed by atoms with E-state index in [0.29, 0.717) is 12.3 Å². The first-order chi connectivity index (χ1) is 11.6. The van der Waals surface area contributed by atoms with Gasteiger partial charge >= 0.3 is 0 Å². The van der Waals surface area contributed by atoms with Gasteiger partial charge in [-0.15, -0.1) is 0 Å². The van der Waals surface area contributed by atoms with Gasteiger partial charge in [0.1, 0.15) is 5.82 Å². The SMILES string of the molecule is COC[C@H]1COCCC12CCN(C(=O)Cc1ccc(F)cc1)CC2. The quantitative estimate of drug-likeness (QED) is 0.849. The van der Waals surface area contributed by atoms with Crippen LogP contribution in [0.2, 0.25) is 0 Å². The van der Waals surface area contributed by atoms with E-state index < -0.39 is 0 Å². The molecule has 2 aliphatic rings. The fraction of sp³-hybridized carbons (Fsp3) is 0.632. The second kappa shape index (κ2) is 7.62. The molecule has 1 atom stereocenters. The van der Waals surface area contributed by atoms with Gasteiger partial charge in [-0.1, -0.05) is 12.1 Å². The lowest BCUT2D eigenvalue weighted by molar-refractivity contribution is -0.137. The van der Waals surface area contributed by atoms with Crippen molar-refractivity contribution in [3.05, 3.63) is 35.6 Å². The maximum atomic E-state index is 13.0. The Bertz CT molecular complexity index is 550. The van der Waals surface area contributed by atoms with Gasteiger partial charge in [-0.25, -0.2) is 4.39 Å². The standard InChI is InChI=1S/C19H26FNO3/c1-23-13-16-14-24-11-8-19(16)6-9-21(10-7-19)18(22)12-15-2-4-17(20)5-3-15/h2-5,16H,6-14H2,1H3/t16-/m0/s1. The third kappa shape index (κ3) is 3.78. The molecule has 4 nitrogen and oxygen atoms in total. The van der Waals surface area contributed by atoms with Crippen molar-refractivity contribution in [1.29, 1.82) is 0 Å². The van der Waals surface area contributed by atoms with E-state index >= 15 is 0 Å².